The molecule has 1 heterocycles. The second-order valence-electron chi connectivity index (χ2n) is 3.31. The fourth-order valence-electron chi connectivity index (χ4n) is 1.21. The number of carbonyl (C=O) groups excluding carboxylic acids is 1. The van der Waals surface area contributed by atoms with Gasteiger partial charge in [0.15, 0.2) is 6.29 Å². The van der Waals surface area contributed by atoms with Crippen LogP contribution in [-0.4, -0.2) is 26.1 Å². The van der Waals surface area contributed by atoms with Crippen LogP contribution in [0.1, 0.15) is 21.5 Å². The number of hydrogen-bond acceptors (Lipinski definition) is 5. The van der Waals surface area contributed by atoms with E-state index in [9.17, 15) is 4.79 Å². The van der Waals surface area contributed by atoms with Gasteiger partial charge < -0.3 is 16.0 Å². The molecule has 4 nitrogen and oxygen atoms in total. The van der Waals surface area contributed by atoms with Gasteiger partial charge in [0.1, 0.15) is 0 Å². The highest BCUT2D eigenvalue weighted by atomic mass is 32.1. The van der Waals surface area contributed by atoms with Crippen molar-refractivity contribution in [3.63, 3.8) is 0 Å². The second-order valence-corrected chi connectivity index (χ2v) is 4.39. The molecule has 94 valence electrons. The summed E-state index contributed by atoms with van der Waals surface area (Å²) in [5.41, 5.74) is 1.38. The van der Waals surface area contributed by atoms with Crippen LogP contribution in [-0.2, 0) is 0 Å². The van der Waals surface area contributed by atoms with Gasteiger partial charge in [0.2, 0.25) is 0 Å². The first-order valence-corrected chi connectivity index (χ1v) is 6.29. The molecule has 0 fully saturated rings. The Hall–Kier alpha value is -2.06. The molecule has 0 saturated heterocycles. The van der Waals surface area contributed by atoms with Crippen molar-refractivity contribution < 1.29 is 4.79 Å². The molecule has 1 rings (SSSR count). The van der Waals surface area contributed by atoms with Crippen LogP contribution < -0.4 is 10.6 Å². The molecule has 5 heteroatoms. The Morgan fingerprint density at radius 3 is 2.89 bits per heavy atom. The van der Waals surface area contributed by atoms with Gasteiger partial charge in [-0.05, 0) is 13.0 Å². The van der Waals surface area contributed by atoms with E-state index >= 15 is 0 Å². The van der Waals surface area contributed by atoms with E-state index < -0.39 is 0 Å². The van der Waals surface area contributed by atoms with Gasteiger partial charge in [-0.3, -0.25) is 4.79 Å². The third kappa shape index (κ3) is 3.75. The van der Waals surface area contributed by atoms with E-state index in [1.165, 1.54) is 17.6 Å². The Morgan fingerprint density at radius 1 is 1.61 bits per heavy atom. The highest BCUT2D eigenvalue weighted by Gasteiger charge is 2.04. The van der Waals surface area contributed by atoms with Crippen molar-refractivity contribution in [2.75, 3.05) is 18.9 Å². The Morgan fingerprint density at radius 2 is 2.39 bits per heavy atom. The van der Waals surface area contributed by atoms with Gasteiger partial charge in [-0.1, -0.05) is 11.8 Å². The maximum absolute atomic E-state index is 10.8. The van der Waals surface area contributed by atoms with E-state index in [0.717, 1.165) is 23.4 Å². The molecule has 0 spiro atoms. The zero-order chi connectivity index (χ0) is 13.4. The lowest BCUT2D eigenvalue weighted by molar-refractivity contribution is 0.112. The SMILES string of the molecule is CCN/C=C(/C#Cc1cc(NC)c(C=O)s1)C=N. The Bertz CT molecular complexity index is 520. The van der Waals surface area contributed by atoms with Crippen molar-refractivity contribution in [2.24, 2.45) is 0 Å². The lowest BCUT2D eigenvalue weighted by Crippen LogP contribution is -2.03. The van der Waals surface area contributed by atoms with Gasteiger partial charge >= 0.3 is 0 Å². The third-order valence-electron chi connectivity index (χ3n) is 2.08. The molecule has 0 radical (unpaired) electrons. The molecule has 3 N–H and O–H groups in total. The summed E-state index contributed by atoms with van der Waals surface area (Å²) in [5.74, 6) is 5.83. The molecule has 0 saturated carbocycles. The largest absolute Gasteiger partial charge is 0.390 e. The van der Waals surface area contributed by atoms with E-state index in [1.54, 1.807) is 13.2 Å². The number of nitrogens with one attached hydrogen (secondary N) is 3. The first-order chi connectivity index (χ1) is 8.74. The Kier molecular flexibility index (Phi) is 5.68. The lowest BCUT2D eigenvalue weighted by atomic mass is 10.3. The van der Waals surface area contributed by atoms with Crippen molar-refractivity contribution in [1.29, 1.82) is 5.41 Å². The van der Waals surface area contributed by atoms with E-state index in [0.29, 0.717) is 10.5 Å². The average Bonchev–Trinajstić information content (AvgIpc) is 2.81. The molecule has 0 aliphatic rings. The molecule has 0 unspecified atom stereocenters. The molecule has 0 aliphatic heterocycles. The monoisotopic (exact) mass is 261 g/mol. The van der Waals surface area contributed by atoms with Crippen LogP contribution in [0.4, 0.5) is 5.69 Å². The molecule has 1 aromatic heterocycles. The first kappa shape index (κ1) is 14.0. The van der Waals surface area contributed by atoms with E-state index in [4.69, 9.17) is 5.41 Å². The van der Waals surface area contributed by atoms with Gasteiger partial charge in [-0.2, -0.15) is 0 Å². The lowest BCUT2D eigenvalue weighted by Gasteiger charge is -1.92. The van der Waals surface area contributed by atoms with Crippen LogP contribution in [0.15, 0.2) is 17.8 Å². The number of anilines is 1. The van der Waals surface area contributed by atoms with Gasteiger partial charge in [-0.25, -0.2) is 0 Å². The quantitative estimate of drug-likeness (QED) is 0.432. The highest BCUT2D eigenvalue weighted by molar-refractivity contribution is 7.14. The molecule has 18 heavy (non-hydrogen) atoms. The number of allylic oxidation sites excluding steroid dienone is 1. The minimum atomic E-state index is 0.601. The molecule has 0 aliphatic carbocycles. The van der Waals surface area contributed by atoms with Gasteiger partial charge in [0, 0.05) is 26.0 Å². The maximum atomic E-state index is 10.8. The smallest absolute Gasteiger partial charge is 0.162 e. The molecule has 0 aromatic carbocycles. The highest BCUT2D eigenvalue weighted by Crippen LogP contribution is 2.24. The summed E-state index contributed by atoms with van der Waals surface area (Å²) in [6.45, 7) is 2.76. The normalized spacial score (nSPS) is 10.2. The van der Waals surface area contributed by atoms with Crippen molar-refractivity contribution in [1.82, 2.24) is 5.32 Å². The summed E-state index contributed by atoms with van der Waals surface area (Å²) in [6, 6.07) is 1.83. The fraction of sp³-hybridized carbons (Fsp3) is 0.231. The second kappa shape index (κ2) is 7.30. The van der Waals surface area contributed by atoms with E-state index in [-0.39, 0.29) is 0 Å². The summed E-state index contributed by atoms with van der Waals surface area (Å²) < 4.78 is 0. The fourth-order valence-corrected chi connectivity index (χ4v) is 2.04. The minimum Gasteiger partial charge on any atom is -0.390 e. The minimum absolute atomic E-state index is 0.601. The predicted octanol–water partition coefficient (Wildman–Crippen LogP) is 2.10. The summed E-state index contributed by atoms with van der Waals surface area (Å²) in [5, 5.41) is 13.2. The number of aldehydes is 1. The maximum Gasteiger partial charge on any atom is 0.162 e. The Labute approximate surface area is 111 Å². The molecule has 0 bridgehead atoms. The summed E-state index contributed by atoms with van der Waals surface area (Å²) >= 11 is 1.33. The number of hydrogen-bond donors (Lipinski definition) is 3. The Balaban J connectivity index is 2.93. The van der Waals surface area contributed by atoms with Crippen LogP contribution in [0.2, 0.25) is 0 Å². The van der Waals surface area contributed by atoms with Crippen LogP contribution in [0.25, 0.3) is 0 Å². The van der Waals surface area contributed by atoms with Crippen molar-refractivity contribution in [3.8, 4) is 11.8 Å². The summed E-state index contributed by atoms with van der Waals surface area (Å²) in [4.78, 5) is 12.2. The first-order valence-electron chi connectivity index (χ1n) is 5.48. The van der Waals surface area contributed by atoms with Crippen molar-refractivity contribution in [2.45, 2.75) is 6.92 Å². The van der Waals surface area contributed by atoms with Gasteiger partial charge in [0.25, 0.3) is 0 Å². The third-order valence-corrected chi connectivity index (χ3v) is 3.06. The van der Waals surface area contributed by atoms with Gasteiger partial charge in [0.05, 0.1) is 21.0 Å². The van der Waals surface area contributed by atoms with Crippen LogP contribution in [0.5, 0.6) is 0 Å². The average molecular weight is 261 g/mol. The predicted molar refractivity (Wildman–Crippen MR) is 76.7 cm³/mol. The summed E-state index contributed by atoms with van der Waals surface area (Å²) in [6.07, 6.45) is 3.71. The van der Waals surface area contributed by atoms with Gasteiger partial charge in [-0.15, -0.1) is 11.3 Å². The molecule has 0 amide bonds. The molecule has 1 aromatic rings. The zero-order valence-corrected chi connectivity index (χ0v) is 11.1. The van der Waals surface area contributed by atoms with Crippen LogP contribution in [0, 0.1) is 17.3 Å². The number of carbonyl (C=O) groups is 1. The van der Waals surface area contributed by atoms with Crippen LogP contribution >= 0.6 is 11.3 Å². The molecular weight excluding hydrogens is 246 g/mol. The topological polar surface area (TPSA) is 65.0 Å². The summed E-state index contributed by atoms with van der Waals surface area (Å²) in [7, 11) is 1.76. The molecule has 0 atom stereocenters. The van der Waals surface area contributed by atoms with Crippen molar-refractivity contribution >= 4 is 29.5 Å². The van der Waals surface area contributed by atoms with E-state index in [2.05, 4.69) is 22.5 Å². The number of thiophene rings is 1. The molecular formula is C13H15N3OS. The van der Waals surface area contributed by atoms with E-state index in [1.807, 2.05) is 13.0 Å². The number of rotatable bonds is 5. The van der Waals surface area contributed by atoms with Crippen LogP contribution in [0.3, 0.4) is 0 Å². The standard InChI is InChI=1S/C13H15N3OS/c1-3-16-8-10(7-14)4-5-11-6-12(15-2)13(9-17)18-11/h6-9,14-16H,3H2,1-2H3/b10-8-,14-7?. The van der Waals surface area contributed by atoms with Crippen molar-refractivity contribution in [3.05, 3.63) is 27.6 Å². The zero-order valence-electron chi connectivity index (χ0n) is 10.3.